The molecule has 3 aromatic rings. The van der Waals surface area contributed by atoms with Crippen LogP contribution in [-0.2, 0) is 0 Å². The van der Waals surface area contributed by atoms with Gasteiger partial charge in [-0.2, -0.15) is 4.98 Å². The Hall–Kier alpha value is -2.61. The average Bonchev–Trinajstić information content (AvgIpc) is 3.33. The minimum Gasteiger partial charge on any atom is -0.337 e. The second kappa shape index (κ2) is 6.36. The molecule has 4 rings (SSSR count). The first-order valence-electron chi connectivity index (χ1n) is 8.13. The van der Waals surface area contributed by atoms with E-state index in [0.29, 0.717) is 28.8 Å². The van der Waals surface area contributed by atoms with E-state index in [1.807, 2.05) is 36.9 Å². The molecule has 1 amide bonds. The molecule has 1 aliphatic rings. The Balaban J connectivity index is 1.61. The van der Waals surface area contributed by atoms with Crippen molar-refractivity contribution in [3.63, 3.8) is 0 Å². The van der Waals surface area contributed by atoms with E-state index in [9.17, 15) is 4.79 Å². The fraction of sp³-hybridized carbons (Fsp3) is 0.353. The van der Waals surface area contributed by atoms with E-state index < -0.39 is 0 Å². The Kier molecular flexibility index (Phi) is 4.04. The highest BCUT2D eigenvalue weighted by Gasteiger charge is 2.36. The van der Waals surface area contributed by atoms with Gasteiger partial charge in [-0.25, -0.2) is 4.98 Å². The van der Waals surface area contributed by atoms with Crippen LogP contribution in [0.3, 0.4) is 0 Å². The van der Waals surface area contributed by atoms with E-state index in [2.05, 4.69) is 20.1 Å². The molecule has 3 aromatic heterocycles. The standard InChI is InChI=1S/C17H17N5O2S/c1-10-14(25-11(2)19-10)17(23)22-9-5-7-13(22)16-20-15(21-24-16)12-6-3-4-8-18-12/h3-4,6,8,13H,5,7,9H2,1-2H3. The van der Waals surface area contributed by atoms with E-state index in [1.165, 1.54) is 11.3 Å². The molecule has 1 fully saturated rings. The minimum absolute atomic E-state index is 0.0109. The first kappa shape index (κ1) is 15.9. The number of rotatable bonds is 3. The van der Waals surface area contributed by atoms with Gasteiger partial charge < -0.3 is 9.42 Å². The van der Waals surface area contributed by atoms with Gasteiger partial charge in [-0.3, -0.25) is 9.78 Å². The molecule has 1 aliphatic heterocycles. The molecular weight excluding hydrogens is 338 g/mol. The lowest BCUT2D eigenvalue weighted by molar-refractivity contribution is 0.0714. The fourth-order valence-electron chi connectivity index (χ4n) is 3.10. The monoisotopic (exact) mass is 355 g/mol. The molecular formula is C17H17N5O2S. The third kappa shape index (κ3) is 2.93. The zero-order chi connectivity index (χ0) is 17.4. The van der Waals surface area contributed by atoms with Crippen molar-refractivity contribution in [1.82, 2.24) is 25.0 Å². The van der Waals surface area contributed by atoms with Gasteiger partial charge in [0.2, 0.25) is 11.7 Å². The second-order valence-corrected chi connectivity index (χ2v) is 7.18. The van der Waals surface area contributed by atoms with Gasteiger partial charge in [-0.15, -0.1) is 11.3 Å². The van der Waals surface area contributed by atoms with Gasteiger partial charge in [-0.1, -0.05) is 11.2 Å². The van der Waals surface area contributed by atoms with E-state index in [0.717, 1.165) is 23.5 Å². The molecule has 0 spiro atoms. The SMILES string of the molecule is Cc1nc(C)c(C(=O)N2CCCC2c2nc(-c3ccccn3)no2)s1. The van der Waals surface area contributed by atoms with Gasteiger partial charge in [0, 0.05) is 12.7 Å². The van der Waals surface area contributed by atoms with Crippen molar-refractivity contribution in [2.75, 3.05) is 6.54 Å². The number of nitrogens with zero attached hydrogens (tertiary/aromatic N) is 5. The van der Waals surface area contributed by atoms with Crippen LogP contribution >= 0.6 is 11.3 Å². The number of hydrogen-bond acceptors (Lipinski definition) is 7. The molecule has 0 aliphatic carbocycles. The number of aromatic nitrogens is 4. The van der Waals surface area contributed by atoms with Crippen molar-refractivity contribution in [1.29, 1.82) is 0 Å². The van der Waals surface area contributed by atoms with Gasteiger partial charge in [-0.05, 0) is 38.8 Å². The lowest BCUT2D eigenvalue weighted by atomic mass is 10.2. The molecule has 0 radical (unpaired) electrons. The van der Waals surface area contributed by atoms with Crippen molar-refractivity contribution < 1.29 is 9.32 Å². The van der Waals surface area contributed by atoms with Crippen LogP contribution in [0, 0.1) is 13.8 Å². The minimum atomic E-state index is -0.195. The molecule has 1 atom stereocenters. The maximum absolute atomic E-state index is 12.9. The van der Waals surface area contributed by atoms with Crippen molar-refractivity contribution in [2.45, 2.75) is 32.7 Å². The first-order chi connectivity index (χ1) is 12.1. The zero-order valence-electron chi connectivity index (χ0n) is 14.0. The Morgan fingerprint density at radius 2 is 2.20 bits per heavy atom. The molecule has 7 nitrogen and oxygen atoms in total. The topological polar surface area (TPSA) is 85.0 Å². The Labute approximate surface area is 148 Å². The van der Waals surface area contributed by atoms with Crippen LogP contribution in [0.15, 0.2) is 28.9 Å². The predicted octanol–water partition coefficient (Wildman–Crippen LogP) is 3.18. The number of hydrogen-bond donors (Lipinski definition) is 0. The molecule has 8 heteroatoms. The number of carbonyl (C=O) groups is 1. The van der Waals surface area contributed by atoms with Crippen LogP contribution in [0.25, 0.3) is 11.5 Å². The first-order valence-corrected chi connectivity index (χ1v) is 8.95. The van der Waals surface area contributed by atoms with Gasteiger partial charge >= 0.3 is 0 Å². The molecule has 128 valence electrons. The van der Waals surface area contributed by atoms with Gasteiger partial charge in [0.05, 0.1) is 10.7 Å². The highest BCUT2D eigenvalue weighted by Crippen LogP contribution is 2.34. The maximum Gasteiger partial charge on any atom is 0.266 e. The summed E-state index contributed by atoms with van der Waals surface area (Å²) < 4.78 is 5.45. The number of carbonyl (C=O) groups excluding carboxylic acids is 1. The summed E-state index contributed by atoms with van der Waals surface area (Å²) in [6, 6.07) is 5.34. The van der Waals surface area contributed by atoms with E-state index in [-0.39, 0.29) is 11.9 Å². The number of amides is 1. The molecule has 0 N–H and O–H groups in total. The second-order valence-electron chi connectivity index (χ2n) is 5.98. The summed E-state index contributed by atoms with van der Waals surface area (Å²) in [5.41, 5.74) is 1.43. The largest absolute Gasteiger partial charge is 0.337 e. The summed E-state index contributed by atoms with van der Waals surface area (Å²) in [6.45, 7) is 4.46. The number of pyridine rings is 1. The maximum atomic E-state index is 12.9. The lowest BCUT2D eigenvalue weighted by Crippen LogP contribution is -2.30. The number of aryl methyl sites for hydroxylation is 2. The lowest BCUT2D eigenvalue weighted by Gasteiger charge is -2.21. The van der Waals surface area contributed by atoms with Crippen molar-refractivity contribution in [3.8, 4) is 11.5 Å². The molecule has 1 saturated heterocycles. The number of likely N-dealkylation sites (tertiary alicyclic amines) is 1. The summed E-state index contributed by atoms with van der Waals surface area (Å²) >= 11 is 1.43. The fourth-order valence-corrected chi connectivity index (χ4v) is 3.97. The average molecular weight is 355 g/mol. The summed E-state index contributed by atoms with van der Waals surface area (Å²) in [6.07, 6.45) is 3.41. The molecule has 0 saturated carbocycles. The summed E-state index contributed by atoms with van der Waals surface area (Å²) in [5, 5.41) is 4.92. The van der Waals surface area contributed by atoms with Crippen LogP contribution < -0.4 is 0 Å². The third-order valence-electron chi connectivity index (χ3n) is 4.23. The smallest absolute Gasteiger partial charge is 0.266 e. The zero-order valence-corrected chi connectivity index (χ0v) is 14.8. The molecule has 1 unspecified atom stereocenters. The van der Waals surface area contributed by atoms with E-state index in [1.54, 1.807) is 6.20 Å². The highest BCUT2D eigenvalue weighted by atomic mass is 32.1. The van der Waals surface area contributed by atoms with E-state index >= 15 is 0 Å². The Morgan fingerprint density at radius 1 is 1.32 bits per heavy atom. The van der Waals surface area contributed by atoms with Crippen LogP contribution in [0.5, 0.6) is 0 Å². The molecule has 25 heavy (non-hydrogen) atoms. The molecule has 4 heterocycles. The summed E-state index contributed by atoms with van der Waals surface area (Å²) in [5.74, 6) is 0.897. The van der Waals surface area contributed by atoms with Crippen LogP contribution in [-0.4, -0.2) is 37.5 Å². The molecule has 0 aromatic carbocycles. The summed E-state index contributed by atoms with van der Waals surface area (Å²) in [4.78, 5) is 28.5. The van der Waals surface area contributed by atoms with E-state index in [4.69, 9.17) is 4.52 Å². The van der Waals surface area contributed by atoms with Crippen LogP contribution in [0.1, 0.15) is 45.1 Å². The Morgan fingerprint density at radius 3 is 2.92 bits per heavy atom. The van der Waals surface area contributed by atoms with Crippen LogP contribution in [0.4, 0.5) is 0 Å². The summed E-state index contributed by atoms with van der Waals surface area (Å²) in [7, 11) is 0. The van der Waals surface area contributed by atoms with Crippen molar-refractivity contribution in [2.24, 2.45) is 0 Å². The third-order valence-corrected chi connectivity index (χ3v) is 5.29. The molecule has 0 bridgehead atoms. The van der Waals surface area contributed by atoms with Gasteiger partial charge in [0.15, 0.2) is 0 Å². The predicted molar refractivity (Wildman–Crippen MR) is 92.1 cm³/mol. The normalized spacial score (nSPS) is 17.2. The van der Waals surface area contributed by atoms with Crippen molar-refractivity contribution >= 4 is 17.2 Å². The van der Waals surface area contributed by atoms with Crippen molar-refractivity contribution in [3.05, 3.63) is 45.9 Å². The highest BCUT2D eigenvalue weighted by molar-refractivity contribution is 7.13. The quantitative estimate of drug-likeness (QED) is 0.717. The number of thiazole rings is 1. The van der Waals surface area contributed by atoms with Crippen LogP contribution in [0.2, 0.25) is 0 Å². The van der Waals surface area contributed by atoms with Gasteiger partial charge in [0.25, 0.3) is 5.91 Å². The Bertz CT molecular complexity index is 905. The van der Waals surface area contributed by atoms with Gasteiger partial charge in [0.1, 0.15) is 16.6 Å².